The molecule has 4 nitrogen and oxygen atoms in total. The SMILES string of the molecule is C=Cc1cnc(-n2c3cc(-c4cccc(-c5ccc6c(c5)N(c5ccccc5)c5ccccc5C6(C)C)c4)ccc3c3c4ccccc4ccc32)nc1C=C. The fraction of sp³-hybridized carbons (Fsp3) is 0.0588. The van der Waals surface area contributed by atoms with Gasteiger partial charge in [0.05, 0.1) is 28.1 Å². The predicted octanol–water partition coefficient (Wildman–Crippen LogP) is 13.5. The average molecular weight is 707 g/mol. The van der Waals surface area contributed by atoms with E-state index in [2.05, 4.69) is 188 Å². The van der Waals surface area contributed by atoms with Crippen LogP contribution in [-0.4, -0.2) is 14.5 Å². The molecule has 0 unspecified atom stereocenters. The van der Waals surface area contributed by atoms with Gasteiger partial charge in [0, 0.05) is 33.6 Å². The fourth-order valence-electron chi connectivity index (χ4n) is 8.64. The highest BCUT2D eigenvalue weighted by Crippen LogP contribution is 2.52. The van der Waals surface area contributed by atoms with E-state index < -0.39 is 0 Å². The molecule has 4 heteroatoms. The zero-order valence-electron chi connectivity index (χ0n) is 30.9. The molecule has 0 radical (unpaired) electrons. The third-order valence-electron chi connectivity index (χ3n) is 11.4. The Hall–Kier alpha value is -7.04. The van der Waals surface area contributed by atoms with Crippen LogP contribution in [0.5, 0.6) is 0 Å². The molecule has 0 spiro atoms. The van der Waals surface area contributed by atoms with Crippen LogP contribution in [0.4, 0.5) is 17.1 Å². The van der Waals surface area contributed by atoms with Crippen LogP contribution < -0.4 is 4.90 Å². The number of para-hydroxylation sites is 2. The molecule has 2 aromatic heterocycles. The van der Waals surface area contributed by atoms with Gasteiger partial charge in [-0.3, -0.25) is 4.57 Å². The van der Waals surface area contributed by atoms with Gasteiger partial charge in [-0.15, -0.1) is 0 Å². The Kier molecular flexibility index (Phi) is 7.43. The molecule has 0 atom stereocenters. The Morgan fingerprint density at radius 2 is 1.27 bits per heavy atom. The number of rotatable bonds is 6. The van der Waals surface area contributed by atoms with Gasteiger partial charge in [0.1, 0.15) is 0 Å². The van der Waals surface area contributed by atoms with E-state index in [1.165, 1.54) is 44.2 Å². The van der Waals surface area contributed by atoms with Crippen molar-refractivity contribution in [1.82, 2.24) is 14.5 Å². The molecule has 10 rings (SSSR count). The second kappa shape index (κ2) is 12.5. The van der Waals surface area contributed by atoms with Gasteiger partial charge in [-0.25, -0.2) is 9.97 Å². The molecule has 0 fully saturated rings. The smallest absolute Gasteiger partial charge is 0.235 e. The quantitative estimate of drug-likeness (QED) is 0.173. The van der Waals surface area contributed by atoms with Gasteiger partial charge in [0.15, 0.2) is 0 Å². The minimum absolute atomic E-state index is 0.154. The summed E-state index contributed by atoms with van der Waals surface area (Å²) >= 11 is 0. The Morgan fingerprint density at radius 1 is 0.564 bits per heavy atom. The first-order chi connectivity index (χ1) is 26.9. The van der Waals surface area contributed by atoms with Gasteiger partial charge < -0.3 is 4.90 Å². The first kappa shape index (κ1) is 32.6. The summed E-state index contributed by atoms with van der Waals surface area (Å²) in [5.74, 6) is 0.600. The Labute approximate surface area is 321 Å². The molecule has 1 aliphatic rings. The van der Waals surface area contributed by atoms with E-state index in [0.29, 0.717) is 5.95 Å². The molecule has 0 saturated carbocycles. The van der Waals surface area contributed by atoms with E-state index in [4.69, 9.17) is 9.97 Å². The highest BCUT2D eigenvalue weighted by Gasteiger charge is 2.36. The monoisotopic (exact) mass is 706 g/mol. The number of hydrogen-bond acceptors (Lipinski definition) is 3. The first-order valence-corrected chi connectivity index (χ1v) is 18.7. The lowest BCUT2D eigenvalue weighted by molar-refractivity contribution is 0.632. The van der Waals surface area contributed by atoms with Crippen molar-refractivity contribution in [3.05, 3.63) is 193 Å². The molecule has 0 saturated heterocycles. The van der Waals surface area contributed by atoms with Crippen LogP contribution in [0.25, 0.3) is 72.9 Å². The van der Waals surface area contributed by atoms with Crippen molar-refractivity contribution in [3.8, 4) is 28.2 Å². The minimum atomic E-state index is -0.154. The van der Waals surface area contributed by atoms with E-state index in [-0.39, 0.29) is 5.41 Å². The molecular weight excluding hydrogens is 669 g/mol. The second-order valence-corrected chi connectivity index (χ2v) is 14.8. The van der Waals surface area contributed by atoms with Crippen molar-refractivity contribution in [2.24, 2.45) is 0 Å². The van der Waals surface area contributed by atoms with Crippen LogP contribution in [0.2, 0.25) is 0 Å². The van der Waals surface area contributed by atoms with Gasteiger partial charge in [-0.05, 0) is 92.7 Å². The fourth-order valence-corrected chi connectivity index (χ4v) is 8.64. The van der Waals surface area contributed by atoms with Crippen molar-refractivity contribution in [2.75, 3.05) is 4.90 Å². The van der Waals surface area contributed by atoms with Crippen LogP contribution in [0.1, 0.15) is 36.2 Å². The summed E-state index contributed by atoms with van der Waals surface area (Å²) in [7, 11) is 0. The zero-order chi connectivity index (χ0) is 37.3. The second-order valence-electron chi connectivity index (χ2n) is 14.8. The Morgan fingerprint density at radius 3 is 2.09 bits per heavy atom. The van der Waals surface area contributed by atoms with E-state index >= 15 is 0 Å². The molecule has 0 N–H and O–H groups in total. The van der Waals surface area contributed by atoms with E-state index in [9.17, 15) is 0 Å². The number of aromatic nitrogens is 3. The van der Waals surface area contributed by atoms with Crippen LogP contribution in [0, 0.1) is 0 Å². The molecule has 55 heavy (non-hydrogen) atoms. The lowest BCUT2D eigenvalue weighted by Gasteiger charge is -2.42. The van der Waals surface area contributed by atoms with Gasteiger partial charge in [-0.2, -0.15) is 0 Å². The zero-order valence-corrected chi connectivity index (χ0v) is 30.9. The molecule has 0 bridgehead atoms. The predicted molar refractivity (Wildman–Crippen MR) is 232 cm³/mol. The first-order valence-electron chi connectivity index (χ1n) is 18.7. The number of hydrogen-bond donors (Lipinski definition) is 0. The van der Waals surface area contributed by atoms with Crippen LogP contribution >= 0.6 is 0 Å². The Bertz CT molecular complexity index is 3000. The number of fused-ring (bicyclic) bond motifs is 7. The molecular formula is C51H38N4. The standard InChI is InChI=1S/C51H38N4/c1-5-33-32-52-50(53-44(33)6-2)55-46-28-25-34-15-10-11-20-40(34)49(46)41-26-23-37(30-47(41)55)35-16-14-17-36(29-35)38-24-27-43-48(31-38)54(39-18-8-7-9-19-39)45-22-13-12-21-42(45)51(43,3)4/h5-32H,1-2H2,3-4H3. The minimum Gasteiger partial charge on any atom is -0.310 e. The summed E-state index contributed by atoms with van der Waals surface area (Å²) in [6, 6.07) is 55.1. The normalized spacial score (nSPS) is 13.2. The van der Waals surface area contributed by atoms with E-state index in [1.54, 1.807) is 12.2 Å². The van der Waals surface area contributed by atoms with Crippen molar-refractivity contribution in [3.63, 3.8) is 0 Å². The molecule has 0 amide bonds. The molecule has 9 aromatic rings. The van der Waals surface area contributed by atoms with Crippen molar-refractivity contribution < 1.29 is 0 Å². The summed E-state index contributed by atoms with van der Waals surface area (Å²) in [4.78, 5) is 12.3. The largest absolute Gasteiger partial charge is 0.310 e. The molecule has 7 aromatic carbocycles. The van der Waals surface area contributed by atoms with E-state index in [1.807, 2.05) is 6.20 Å². The number of benzene rings is 7. The van der Waals surface area contributed by atoms with E-state index in [0.717, 1.165) is 50.1 Å². The summed E-state index contributed by atoms with van der Waals surface area (Å²) < 4.78 is 2.19. The number of anilines is 3. The Balaban J connectivity index is 1.14. The average Bonchev–Trinajstić information content (AvgIpc) is 3.58. The van der Waals surface area contributed by atoms with Gasteiger partial charge in [0.2, 0.25) is 5.95 Å². The summed E-state index contributed by atoms with van der Waals surface area (Å²) in [5, 5.41) is 4.74. The van der Waals surface area contributed by atoms with Crippen molar-refractivity contribution in [1.29, 1.82) is 0 Å². The van der Waals surface area contributed by atoms with Crippen molar-refractivity contribution in [2.45, 2.75) is 19.3 Å². The summed E-state index contributed by atoms with van der Waals surface area (Å²) in [5.41, 5.74) is 14.4. The summed E-state index contributed by atoms with van der Waals surface area (Å²) in [6.07, 6.45) is 5.37. The van der Waals surface area contributed by atoms with Gasteiger partial charge >= 0.3 is 0 Å². The van der Waals surface area contributed by atoms with Crippen LogP contribution in [-0.2, 0) is 5.41 Å². The summed E-state index contributed by atoms with van der Waals surface area (Å²) in [6.45, 7) is 12.7. The molecule has 1 aliphatic heterocycles. The number of nitrogens with zero attached hydrogens (tertiary/aromatic N) is 4. The van der Waals surface area contributed by atoms with Crippen LogP contribution in [0.3, 0.4) is 0 Å². The maximum absolute atomic E-state index is 4.99. The molecule has 262 valence electrons. The lowest BCUT2D eigenvalue weighted by atomic mass is 9.73. The molecule has 3 heterocycles. The topological polar surface area (TPSA) is 34.0 Å². The lowest BCUT2D eigenvalue weighted by Crippen LogP contribution is -2.30. The van der Waals surface area contributed by atoms with Crippen LogP contribution in [0.15, 0.2) is 171 Å². The highest BCUT2D eigenvalue weighted by atomic mass is 15.2. The maximum atomic E-state index is 4.99. The van der Waals surface area contributed by atoms with Gasteiger partial charge in [-0.1, -0.05) is 142 Å². The third kappa shape index (κ3) is 5.06. The van der Waals surface area contributed by atoms with Gasteiger partial charge in [0.25, 0.3) is 0 Å². The molecule has 0 aliphatic carbocycles. The highest BCUT2D eigenvalue weighted by molar-refractivity contribution is 6.21. The third-order valence-corrected chi connectivity index (χ3v) is 11.4. The van der Waals surface area contributed by atoms with Crippen molar-refractivity contribution >= 4 is 61.8 Å². The maximum Gasteiger partial charge on any atom is 0.235 e.